The summed E-state index contributed by atoms with van der Waals surface area (Å²) in [6.07, 6.45) is -1.13. The molecule has 7 heteroatoms. The summed E-state index contributed by atoms with van der Waals surface area (Å²) >= 11 is 0. The van der Waals surface area contributed by atoms with E-state index in [1.54, 1.807) is 42.5 Å². The van der Waals surface area contributed by atoms with Crippen molar-refractivity contribution in [3.8, 4) is 11.5 Å². The van der Waals surface area contributed by atoms with Crippen molar-refractivity contribution in [2.24, 2.45) is 0 Å². The molecule has 2 aromatic rings. The normalized spacial score (nSPS) is 12.7. The fourth-order valence-corrected chi connectivity index (χ4v) is 2.77. The van der Waals surface area contributed by atoms with Gasteiger partial charge in [0.1, 0.15) is 0 Å². The highest BCUT2D eigenvalue weighted by Crippen LogP contribution is 2.31. The van der Waals surface area contributed by atoms with Gasteiger partial charge < -0.3 is 24.6 Å². The van der Waals surface area contributed by atoms with Gasteiger partial charge in [-0.2, -0.15) is 0 Å². The maximum atomic E-state index is 12.7. The zero-order valence-electron chi connectivity index (χ0n) is 15.5. The zero-order valence-corrected chi connectivity index (χ0v) is 15.5. The smallest absolute Gasteiger partial charge is 0.305 e. The number of methoxy groups -OCH3 is 3. The summed E-state index contributed by atoms with van der Waals surface area (Å²) in [5.74, 6) is -0.500. The van der Waals surface area contributed by atoms with E-state index < -0.39 is 24.0 Å². The Morgan fingerprint density at radius 1 is 0.963 bits per heavy atom. The summed E-state index contributed by atoms with van der Waals surface area (Å²) in [6.45, 7) is 0. The van der Waals surface area contributed by atoms with Crippen LogP contribution in [0.25, 0.3) is 0 Å². The third-order valence-corrected chi connectivity index (χ3v) is 4.08. The van der Waals surface area contributed by atoms with E-state index in [1.165, 1.54) is 21.3 Å². The average Bonchev–Trinajstić information content (AvgIpc) is 2.68. The molecular weight excluding hydrogens is 350 g/mol. The molecule has 27 heavy (non-hydrogen) atoms. The Labute approximate surface area is 157 Å². The molecule has 2 aromatic carbocycles. The van der Waals surface area contributed by atoms with E-state index in [4.69, 9.17) is 14.2 Å². The predicted molar refractivity (Wildman–Crippen MR) is 98.9 cm³/mol. The Morgan fingerprint density at radius 3 is 2.19 bits per heavy atom. The molecule has 0 spiro atoms. The number of hydrogen-bond donors (Lipinski definition) is 2. The van der Waals surface area contributed by atoms with Crippen LogP contribution in [0.2, 0.25) is 0 Å². The van der Waals surface area contributed by atoms with E-state index >= 15 is 0 Å². The number of carboxylic acids is 1. The van der Waals surface area contributed by atoms with Crippen LogP contribution in [0.5, 0.6) is 11.5 Å². The predicted octanol–water partition coefficient (Wildman–Crippen LogP) is 2.72. The highest BCUT2D eigenvalue weighted by Gasteiger charge is 2.25. The molecule has 0 fully saturated rings. The van der Waals surface area contributed by atoms with Gasteiger partial charge in [0, 0.05) is 7.11 Å². The van der Waals surface area contributed by atoms with Crippen LogP contribution in [0.4, 0.5) is 0 Å². The van der Waals surface area contributed by atoms with Gasteiger partial charge in [-0.15, -0.1) is 0 Å². The Bertz CT molecular complexity index is 777. The van der Waals surface area contributed by atoms with Crippen LogP contribution in [0.3, 0.4) is 0 Å². The molecule has 0 radical (unpaired) electrons. The molecule has 2 rings (SSSR count). The van der Waals surface area contributed by atoms with Crippen molar-refractivity contribution in [2.45, 2.75) is 18.6 Å². The molecule has 0 heterocycles. The number of carbonyl (C=O) groups is 2. The molecule has 2 atom stereocenters. The van der Waals surface area contributed by atoms with Gasteiger partial charge in [-0.3, -0.25) is 9.59 Å². The first-order chi connectivity index (χ1) is 13.0. The molecule has 2 unspecified atom stereocenters. The van der Waals surface area contributed by atoms with Crippen LogP contribution in [0.15, 0.2) is 48.5 Å². The number of hydrogen-bond acceptors (Lipinski definition) is 5. The molecule has 0 aliphatic carbocycles. The monoisotopic (exact) mass is 373 g/mol. The Morgan fingerprint density at radius 2 is 1.63 bits per heavy atom. The first-order valence-electron chi connectivity index (χ1n) is 8.32. The van der Waals surface area contributed by atoms with Gasteiger partial charge in [0.15, 0.2) is 17.6 Å². The largest absolute Gasteiger partial charge is 0.493 e. The molecular formula is C20H23NO6. The van der Waals surface area contributed by atoms with Crippen molar-refractivity contribution in [1.29, 1.82) is 0 Å². The number of rotatable bonds is 9. The molecule has 0 saturated heterocycles. The number of benzene rings is 2. The molecule has 0 aliphatic heterocycles. The number of carboxylic acid groups (broad SMARTS) is 1. The van der Waals surface area contributed by atoms with Gasteiger partial charge >= 0.3 is 5.97 Å². The van der Waals surface area contributed by atoms with Crippen LogP contribution >= 0.6 is 0 Å². The average molecular weight is 373 g/mol. The van der Waals surface area contributed by atoms with E-state index in [1.807, 2.05) is 6.07 Å². The minimum Gasteiger partial charge on any atom is -0.493 e. The molecule has 7 nitrogen and oxygen atoms in total. The second-order valence-electron chi connectivity index (χ2n) is 5.80. The third kappa shape index (κ3) is 5.21. The van der Waals surface area contributed by atoms with Crippen molar-refractivity contribution >= 4 is 11.9 Å². The van der Waals surface area contributed by atoms with Gasteiger partial charge in [-0.05, 0) is 23.3 Å². The quantitative estimate of drug-likeness (QED) is 0.702. The third-order valence-electron chi connectivity index (χ3n) is 4.08. The van der Waals surface area contributed by atoms with Crippen molar-refractivity contribution in [1.82, 2.24) is 5.32 Å². The topological polar surface area (TPSA) is 94.1 Å². The maximum absolute atomic E-state index is 12.7. The standard InChI is InChI=1S/C20H23NO6/c1-25-16-10-9-14(11-17(16)26-2)15(12-18(22)23)21-20(24)19(27-3)13-7-5-4-6-8-13/h4-11,15,19H,12H2,1-3H3,(H,21,24)(H,22,23). The van der Waals surface area contributed by atoms with Crippen molar-refractivity contribution in [3.05, 3.63) is 59.7 Å². The van der Waals surface area contributed by atoms with Crippen molar-refractivity contribution in [2.75, 3.05) is 21.3 Å². The molecule has 0 bridgehead atoms. The minimum atomic E-state index is -1.04. The van der Waals surface area contributed by atoms with E-state index in [0.29, 0.717) is 22.6 Å². The van der Waals surface area contributed by atoms with Gasteiger partial charge in [-0.1, -0.05) is 36.4 Å². The minimum absolute atomic E-state index is 0.285. The first kappa shape index (κ1) is 20.3. The Balaban J connectivity index is 2.28. The molecule has 2 N–H and O–H groups in total. The lowest BCUT2D eigenvalue weighted by molar-refractivity contribution is -0.138. The molecule has 1 amide bonds. The van der Waals surface area contributed by atoms with Gasteiger partial charge in [-0.25, -0.2) is 0 Å². The second kappa shape index (κ2) is 9.59. The number of amides is 1. The second-order valence-corrected chi connectivity index (χ2v) is 5.80. The number of nitrogens with one attached hydrogen (secondary N) is 1. The van der Waals surface area contributed by atoms with Crippen LogP contribution in [0, 0.1) is 0 Å². The molecule has 0 saturated carbocycles. The molecule has 144 valence electrons. The van der Waals surface area contributed by atoms with Gasteiger partial charge in [0.05, 0.1) is 26.7 Å². The summed E-state index contributed by atoms with van der Waals surface area (Å²) < 4.78 is 15.8. The molecule has 0 aliphatic rings. The van der Waals surface area contributed by atoms with E-state index in [0.717, 1.165) is 0 Å². The highest BCUT2D eigenvalue weighted by molar-refractivity contribution is 5.83. The number of carbonyl (C=O) groups excluding carboxylic acids is 1. The fourth-order valence-electron chi connectivity index (χ4n) is 2.77. The van der Waals surface area contributed by atoms with Crippen LogP contribution in [0.1, 0.15) is 29.7 Å². The lowest BCUT2D eigenvalue weighted by atomic mass is 10.0. The SMILES string of the molecule is COc1ccc(C(CC(=O)O)NC(=O)C(OC)c2ccccc2)cc1OC. The Kier molecular flexibility index (Phi) is 7.19. The van der Waals surface area contributed by atoms with E-state index in [-0.39, 0.29) is 6.42 Å². The summed E-state index contributed by atoms with van der Waals surface area (Å²) in [4.78, 5) is 24.0. The maximum Gasteiger partial charge on any atom is 0.305 e. The molecule has 0 aromatic heterocycles. The fraction of sp³-hybridized carbons (Fsp3) is 0.300. The lowest BCUT2D eigenvalue weighted by Crippen LogP contribution is -2.34. The summed E-state index contributed by atoms with van der Waals surface area (Å²) in [6, 6.07) is 13.3. The van der Waals surface area contributed by atoms with Crippen LogP contribution in [-0.2, 0) is 14.3 Å². The highest BCUT2D eigenvalue weighted by atomic mass is 16.5. The lowest BCUT2D eigenvalue weighted by Gasteiger charge is -2.22. The number of ether oxygens (including phenoxy) is 3. The Hall–Kier alpha value is -3.06. The summed E-state index contributed by atoms with van der Waals surface area (Å²) in [7, 11) is 4.43. The van der Waals surface area contributed by atoms with Gasteiger partial charge in [0.25, 0.3) is 5.91 Å². The van der Waals surface area contributed by atoms with Gasteiger partial charge in [0.2, 0.25) is 0 Å². The van der Waals surface area contributed by atoms with Crippen molar-refractivity contribution < 1.29 is 28.9 Å². The van der Waals surface area contributed by atoms with Crippen LogP contribution in [-0.4, -0.2) is 38.3 Å². The van der Waals surface area contributed by atoms with Crippen molar-refractivity contribution in [3.63, 3.8) is 0 Å². The summed E-state index contributed by atoms with van der Waals surface area (Å²) in [5.41, 5.74) is 1.27. The zero-order chi connectivity index (χ0) is 19.8. The first-order valence-corrected chi connectivity index (χ1v) is 8.32. The van der Waals surface area contributed by atoms with E-state index in [2.05, 4.69) is 5.32 Å². The van der Waals surface area contributed by atoms with Crippen LogP contribution < -0.4 is 14.8 Å². The summed E-state index contributed by atoms with van der Waals surface area (Å²) in [5, 5.41) is 12.0. The number of aliphatic carboxylic acids is 1. The van der Waals surface area contributed by atoms with E-state index in [9.17, 15) is 14.7 Å².